The number of carbonyl (C=O) groups excluding carboxylic acids is 1. The molecular weight excluding hydrogens is 318 g/mol. The molecule has 1 aliphatic heterocycles. The van der Waals surface area contributed by atoms with Crippen LogP contribution in [0.1, 0.15) is 28.7 Å². The molecule has 134 valence electrons. The first-order valence-corrected chi connectivity index (χ1v) is 8.64. The average molecular weight is 343 g/mol. The van der Waals surface area contributed by atoms with Crippen LogP contribution in [0.3, 0.4) is 0 Å². The monoisotopic (exact) mass is 343 g/mol. The summed E-state index contributed by atoms with van der Waals surface area (Å²) in [5.41, 5.74) is 2.51. The highest BCUT2D eigenvalue weighted by atomic mass is 16.5. The van der Waals surface area contributed by atoms with Gasteiger partial charge in [-0.05, 0) is 39.0 Å². The first-order valence-electron chi connectivity index (χ1n) is 8.64. The van der Waals surface area contributed by atoms with Crippen LogP contribution in [0.5, 0.6) is 0 Å². The zero-order valence-corrected chi connectivity index (χ0v) is 15.0. The van der Waals surface area contributed by atoms with Crippen LogP contribution in [-0.4, -0.2) is 64.5 Å². The highest BCUT2D eigenvalue weighted by Gasteiger charge is 2.18. The van der Waals surface area contributed by atoms with Crippen molar-refractivity contribution in [2.24, 2.45) is 0 Å². The molecule has 1 amide bonds. The number of aromatic nitrogens is 3. The van der Waals surface area contributed by atoms with E-state index in [2.05, 4.69) is 27.2 Å². The van der Waals surface area contributed by atoms with Gasteiger partial charge in [-0.2, -0.15) is 5.10 Å². The summed E-state index contributed by atoms with van der Waals surface area (Å²) in [5, 5.41) is 7.39. The molecule has 3 rings (SSSR count). The van der Waals surface area contributed by atoms with E-state index in [1.807, 2.05) is 26.0 Å². The molecule has 0 radical (unpaired) electrons. The SMILES string of the molecule is Cc1cc(C)n(-c2ccc(C(=O)NC[C@H](C)N3CCOCC3)cn2)n1. The van der Waals surface area contributed by atoms with Crippen LogP contribution in [0.4, 0.5) is 0 Å². The Balaban J connectivity index is 1.58. The summed E-state index contributed by atoms with van der Waals surface area (Å²) in [4.78, 5) is 19.0. The third-order valence-electron chi connectivity index (χ3n) is 4.46. The number of ether oxygens (including phenoxy) is 1. The van der Waals surface area contributed by atoms with E-state index in [0.717, 1.165) is 37.7 Å². The minimum atomic E-state index is -0.104. The number of nitrogens with one attached hydrogen (secondary N) is 1. The standard InChI is InChI=1S/C18H25N5O2/c1-13-10-14(2)23(21-13)17-5-4-16(12-19-17)18(24)20-11-15(3)22-6-8-25-9-7-22/h4-5,10,12,15H,6-9,11H2,1-3H3,(H,20,24)/t15-/m0/s1. The van der Waals surface area contributed by atoms with Gasteiger partial charge in [0.1, 0.15) is 0 Å². The normalized spacial score (nSPS) is 16.6. The van der Waals surface area contributed by atoms with Crippen molar-refractivity contribution in [2.75, 3.05) is 32.8 Å². The van der Waals surface area contributed by atoms with Crippen LogP contribution in [0.15, 0.2) is 24.4 Å². The number of morpholine rings is 1. The minimum Gasteiger partial charge on any atom is -0.379 e. The summed E-state index contributed by atoms with van der Waals surface area (Å²) in [6.45, 7) is 10.0. The summed E-state index contributed by atoms with van der Waals surface area (Å²) in [7, 11) is 0. The molecule has 2 aromatic heterocycles. The number of carbonyl (C=O) groups is 1. The quantitative estimate of drug-likeness (QED) is 0.887. The van der Waals surface area contributed by atoms with Crippen molar-refractivity contribution >= 4 is 5.91 Å². The van der Waals surface area contributed by atoms with Gasteiger partial charge in [-0.25, -0.2) is 9.67 Å². The molecular formula is C18H25N5O2. The van der Waals surface area contributed by atoms with Crippen LogP contribution < -0.4 is 5.32 Å². The topological polar surface area (TPSA) is 72.3 Å². The Morgan fingerprint density at radius 1 is 1.32 bits per heavy atom. The van der Waals surface area contributed by atoms with Crippen molar-refractivity contribution < 1.29 is 9.53 Å². The number of amides is 1. The number of hydrogen-bond acceptors (Lipinski definition) is 5. The van der Waals surface area contributed by atoms with E-state index < -0.39 is 0 Å². The molecule has 7 heteroatoms. The lowest BCUT2D eigenvalue weighted by atomic mass is 10.2. The summed E-state index contributed by atoms with van der Waals surface area (Å²) in [5.74, 6) is 0.608. The number of nitrogens with zero attached hydrogens (tertiary/aromatic N) is 4. The maximum absolute atomic E-state index is 12.3. The zero-order valence-electron chi connectivity index (χ0n) is 15.0. The summed E-state index contributed by atoms with van der Waals surface area (Å²) < 4.78 is 7.13. The van der Waals surface area contributed by atoms with E-state index in [4.69, 9.17) is 4.74 Å². The molecule has 1 atom stereocenters. The van der Waals surface area contributed by atoms with E-state index in [-0.39, 0.29) is 11.9 Å². The van der Waals surface area contributed by atoms with Gasteiger partial charge in [-0.15, -0.1) is 0 Å². The lowest BCUT2D eigenvalue weighted by Crippen LogP contribution is -2.47. The Morgan fingerprint density at radius 2 is 2.08 bits per heavy atom. The molecule has 0 aliphatic carbocycles. The molecule has 2 aromatic rings. The zero-order chi connectivity index (χ0) is 17.8. The van der Waals surface area contributed by atoms with Crippen molar-refractivity contribution in [1.82, 2.24) is 25.0 Å². The second-order valence-electron chi connectivity index (χ2n) is 6.45. The van der Waals surface area contributed by atoms with Crippen molar-refractivity contribution in [3.8, 4) is 5.82 Å². The molecule has 1 saturated heterocycles. The second kappa shape index (κ2) is 7.76. The predicted molar refractivity (Wildman–Crippen MR) is 95.0 cm³/mol. The van der Waals surface area contributed by atoms with Gasteiger partial charge in [0.05, 0.1) is 24.5 Å². The summed E-state index contributed by atoms with van der Waals surface area (Å²) in [6, 6.07) is 5.89. The predicted octanol–water partition coefficient (Wildman–Crippen LogP) is 1.33. The number of rotatable bonds is 5. The molecule has 0 bridgehead atoms. The molecule has 7 nitrogen and oxygen atoms in total. The van der Waals surface area contributed by atoms with Gasteiger partial charge in [-0.1, -0.05) is 0 Å². The summed E-state index contributed by atoms with van der Waals surface area (Å²) >= 11 is 0. The van der Waals surface area contributed by atoms with Gasteiger partial charge in [0.15, 0.2) is 5.82 Å². The van der Waals surface area contributed by atoms with Gasteiger partial charge in [-0.3, -0.25) is 9.69 Å². The highest BCUT2D eigenvalue weighted by Crippen LogP contribution is 2.10. The van der Waals surface area contributed by atoms with Crippen molar-refractivity contribution in [2.45, 2.75) is 26.8 Å². The van der Waals surface area contributed by atoms with Crippen LogP contribution in [0, 0.1) is 13.8 Å². The van der Waals surface area contributed by atoms with E-state index in [1.165, 1.54) is 0 Å². The Kier molecular flexibility index (Phi) is 5.45. The molecule has 1 aliphatic rings. The number of aryl methyl sites for hydroxylation is 2. The van der Waals surface area contributed by atoms with Crippen molar-refractivity contribution in [3.05, 3.63) is 41.3 Å². The van der Waals surface area contributed by atoms with Crippen LogP contribution in [0.2, 0.25) is 0 Å². The Hall–Kier alpha value is -2.25. The van der Waals surface area contributed by atoms with E-state index in [1.54, 1.807) is 16.9 Å². The maximum atomic E-state index is 12.3. The fourth-order valence-electron chi connectivity index (χ4n) is 3.00. The molecule has 0 unspecified atom stereocenters. The fourth-order valence-corrected chi connectivity index (χ4v) is 3.00. The highest BCUT2D eigenvalue weighted by molar-refractivity contribution is 5.93. The minimum absolute atomic E-state index is 0.104. The number of pyridine rings is 1. The van der Waals surface area contributed by atoms with Crippen LogP contribution in [-0.2, 0) is 4.74 Å². The molecule has 3 heterocycles. The van der Waals surface area contributed by atoms with Gasteiger partial charge < -0.3 is 10.1 Å². The van der Waals surface area contributed by atoms with Gasteiger partial charge in [0.2, 0.25) is 0 Å². The van der Waals surface area contributed by atoms with Crippen LogP contribution >= 0.6 is 0 Å². The molecule has 25 heavy (non-hydrogen) atoms. The maximum Gasteiger partial charge on any atom is 0.252 e. The van der Waals surface area contributed by atoms with Gasteiger partial charge >= 0.3 is 0 Å². The third-order valence-corrected chi connectivity index (χ3v) is 4.46. The van der Waals surface area contributed by atoms with E-state index in [0.29, 0.717) is 17.9 Å². The van der Waals surface area contributed by atoms with Gasteiger partial charge in [0, 0.05) is 37.6 Å². The van der Waals surface area contributed by atoms with Crippen LogP contribution in [0.25, 0.3) is 5.82 Å². The van der Waals surface area contributed by atoms with E-state index >= 15 is 0 Å². The molecule has 1 N–H and O–H groups in total. The van der Waals surface area contributed by atoms with Crippen molar-refractivity contribution in [3.63, 3.8) is 0 Å². The summed E-state index contributed by atoms with van der Waals surface area (Å²) in [6.07, 6.45) is 1.60. The molecule has 0 spiro atoms. The third kappa shape index (κ3) is 4.24. The van der Waals surface area contributed by atoms with E-state index in [9.17, 15) is 4.79 Å². The Labute approximate surface area is 148 Å². The lowest BCUT2D eigenvalue weighted by Gasteiger charge is -2.32. The van der Waals surface area contributed by atoms with Gasteiger partial charge in [0.25, 0.3) is 5.91 Å². The molecule has 1 fully saturated rings. The lowest BCUT2D eigenvalue weighted by molar-refractivity contribution is 0.0204. The Bertz CT molecular complexity index is 720. The largest absolute Gasteiger partial charge is 0.379 e. The second-order valence-corrected chi connectivity index (χ2v) is 6.45. The molecule has 0 saturated carbocycles. The molecule has 0 aromatic carbocycles. The Morgan fingerprint density at radius 3 is 2.68 bits per heavy atom. The number of hydrogen-bond donors (Lipinski definition) is 1. The first kappa shape index (κ1) is 17.6. The fraction of sp³-hybridized carbons (Fsp3) is 0.500. The smallest absolute Gasteiger partial charge is 0.252 e. The first-order chi connectivity index (χ1) is 12.0. The average Bonchev–Trinajstić information content (AvgIpc) is 2.98. The van der Waals surface area contributed by atoms with Crippen molar-refractivity contribution in [1.29, 1.82) is 0 Å².